The summed E-state index contributed by atoms with van der Waals surface area (Å²) in [5.41, 5.74) is 0. The van der Waals surface area contributed by atoms with Crippen molar-refractivity contribution in [3.8, 4) is 0 Å². The molecule has 0 radical (unpaired) electrons. The van der Waals surface area contributed by atoms with Gasteiger partial charge in [0, 0.05) is 6.54 Å². The molecule has 84 valence electrons. The summed E-state index contributed by atoms with van der Waals surface area (Å²) in [7, 11) is 0. The predicted octanol–water partition coefficient (Wildman–Crippen LogP) is 2.30. The largest absolute Gasteiger partial charge is 0.522 e. The highest BCUT2D eigenvalue weighted by Gasteiger charge is 2.28. The Hall–Kier alpha value is -0.290. The Morgan fingerprint density at radius 3 is 2.43 bits per heavy atom. The summed E-state index contributed by atoms with van der Waals surface area (Å²) < 4.78 is 38.2. The molecule has 0 aliphatic heterocycles. The van der Waals surface area contributed by atoms with Crippen LogP contribution in [0.2, 0.25) is 0 Å². The molecule has 14 heavy (non-hydrogen) atoms. The van der Waals surface area contributed by atoms with Crippen molar-refractivity contribution in [1.82, 2.24) is 5.32 Å². The summed E-state index contributed by atoms with van der Waals surface area (Å²) in [6, 6.07) is 0. The van der Waals surface area contributed by atoms with Crippen LogP contribution in [-0.2, 0) is 4.74 Å². The van der Waals surface area contributed by atoms with E-state index >= 15 is 0 Å². The van der Waals surface area contributed by atoms with Crippen LogP contribution < -0.4 is 5.32 Å². The molecular formula is C9H16F3NO. The molecule has 1 rings (SSSR count). The van der Waals surface area contributed by atoms with Gasteiger partial charge >= 0.3 is 6.36 Å². The van der Waals surface area contributed by atoms with E-state index in [0.717, 1.165) is 6.54 Å². The lowest BCUT2D eigenvalue weighted by molar-refractivity contribution is -0.323. The third-order valence-electron chi connectivity index (χ3n) is 2.45. The zero-order chi connectivity index (χ0) is 10.4. The van der Waals surface area contributed by atoms with E-state index in [1.165, 1.54) is 25.7 Å². The summed E-state index contributed by atoms with van der Waals surface area (Å²) >= 11 is 0. The van der Waals surface area contributed by atoms with Gasteiger partial charge in [0.05, 0.1) is 6.61 Å². The average Bonchev–Trinajstić information content (AvgIpc) is 2.54. The Labute approximate surface area is 81.8 Å². The van der Waals surface area contributed by atoms with E-state index in [2.05, 4.69) is 10.1 Å². The second kappa shape index (κ2) is 5.56. The first-order valence-corrected chi connectivity index (χ1v) is 4.99. The van der Waals surface area contributed by atoms with E-state index in [9.17, 15) is 13.2 Å². The van der Waals surface area contributed by atoms with Crippen molar-refractivity contribution in [2.24, 2.45) is 5.92 Å². The van der Waals surface area contributed by atoms with Crippen molar-refractivity contribution in [2.75, 3.05) is 19.7 Å². The molecule has 2 nitrogen and oxygen atoms in total. The third kappa shape index (κ3) is 5.44. The van der Waals surface area contributed by atoms with E-state index in [4.69, 9.17) is 0 Å². The molecule has 5 heteroatoms. The van der Waals surface area contributed by atoms with Gasteiger partial charge < -0.3 is 5.32 Å². The first-order chi connectivity index (χ1) is 6.58. The van der Waals surface area contributed by atoms with Gasteiger partial charge in [-0.1, -0.05) is 12.8 Å². The molecule has 0 atom stereocenters. The zero-order valence-corrected chi connectivity index (χ0v) is 8.07. The lowest BCUT2D eigenvalue weighted by Crippen LogP contribution is -2.27. The lowest BCUT2D eigenvalue weighted by atomic mass is 10.1. The molecule has 0 spiro atoms. The summed E-state index contributed by atoms with van der Waals surface area (Å²) in [6.07, 6.45) is 0.423. The number of rotatable bonds is 5. The number of nitrogens with one attached hydrogen (secondary N) is 1. The molecule has 1 saturated carbocycles. The number of alkyl halides is 3. The molecule has 1 N–H and O–H groups in total. The SMILES string of the molecule is FC(F)(F)OCCNCC1CCCC1. The number of halogens is 3. The minimum absolute atomic E-state index is 0.274. The zero-order valence-electron chi connectivity index (χ0n) is 8.07. The molecule has 0 amide bonds. The van der Waals surface area contributed by atoms with Gasteiger partial charge in [0.2, 0.25) is 0 Å². The van der Waals surface area contributed by atoms with Crippen LogP contribution in [0.1, 0.15) is 25.7 Å². The smallest absolute Gasteiger partial charge is 0.314 e. The Morgan fingerprint density at radius 2 is 1.86 bits per heavy atom. The fourth-order valence-electron chi connectivity index (χ4n) is 1.76. The number of hydrogen-bond acceptors (Lipinski definition) is 2. The molecule has 1 aliphatic rings. The molecule has 0 aromatic heterocycles. The van der Waals surface area contributed by atoms with Crippen LogP contribution >= 0.6 is 0 Å². The third-order valence-corrected chi connectivity index (χ3v) is 2.45. The fraction of sp³-hybridized carbons (Fsp3) is 1.00. The maximum atomic E-state index is 11.5. The topological polar surface area (TPSA) is 21.3 Å². The van der Waals surface area contributed by atoms with Crippen LogP contribution in [0.4, 0.5) is 13.2 Å². The van der Waals surface area contributed by atoms with Gasteiger partial charge in [-0.3, -0.25) is 4.74 Å². The minimum atomic E-state index is -4.49. The second-order valence-electron chi connectivity index (χ2n) is 3.65. The van der Waals surface area contributed by atoms with Crippen molar-refractivity contribution in [3.63, 3.8) is 0 Å². The molecule has 1 fully saturated rings. The van der Waals surface area contributed by atoms with Crippen molar-refractivity contribution >= 4 is 0 Å². The first kappa shape index (κ1) is 11.8. The Balaban J connectivity index is 1.89. The van der Waals surface area contributed by atoms with Crippen molar-refractivity contribution in [2.45, 2.75) is 32.0 Å². The quantitative estimate of drug-likeness (QED) is 0.704. The maximum absolute atomic E-state index is 11.5. The molecule has 0 unspecified atom stereocenters. The predicted molar refractivity (Wildman–Crippen MR) is 46.8 cm³/mol. The fourth-order valence-corrected chi connectivity index (χ4v) is 1.76. The second-order valence-corrected chi connectivity index (χ2v) is 3.65. The minimum Gasteiger partial charge on any atom is -0.314 e. The van der Waals surface area contributed by atoms with E-state index in [0.29, 0.717) is 5.92 Å². The lowest BCUT2D eigenvalue weighted by Gasteiger charge is -2.11. The van der Waals surface area contributed by atoms with E-state index in [1.54, 1.807) is 0 Å². The van der Waals surface area contributed by atoms with Gasteiger partial charge in [0.15, 0.2) is 0 Å². The van der Waals surface area contributed by atoms with Crippen LogP contribution in [0.15, 0.2) is 0 Å². The standard InChI is InChI=1S/C9H16F3NO/c10-9(11,12)14-6-5-13-7-8-3-1-2-4-8/h8,13H,1-7H2. The molecule has 0 heterocycles. The highest BCUT2D eigenvalue weighted by molar-refractivity contribution is 4.69. The van der Waals surface area contributed by atoms with Crippen molar-refractivity contribution in [3.05, 3.63) is 0 Å². The van der Waals surface area contributed by atoms with Crippen molar-refractivity contribution in [1.29, 1.82) is 0 Å². The van der Waals surface area contributed by atoms with Gasteiger partial charge in [0.25, 0.3) is 0 Å². The maximum Gasteiger partial charge on any atom is 0.522 e. The first-order valence-electron chi connectivity index (χ1n) is 4.99. The summed E-state index contributed by atoms with van der Waals surface area (Å²) in [5, 5.41) is 2.97. The van der Waals surface area contributed by atoms with Gasteiger partial charge in [-0.25, -0.2) is 0 Å². The van der Waals surface area contributed by atoms with E-state index in [-0.39, 0.29) is 13.2 Å². The van der Waals surface area contributed by atoms with Gasteiger partial charge in [0.1, 0.15) is 0 Å². The highest BCUT2D eigenvalue weighted by atomic mass is 19.4. The Morgan fingerprint density at radius 1 is 1.21 bits per heavy atom. The Kier molecular flexibility index (Phi) is 4.68. The summed E-state index contributed by atoms with van der Waals surface area (Å²) in [6.45, 7) is 0.799. The molecule has 0 aromatic rings. The van der Waals surface area contributed by atoms with Crippen LogP contribution in [0.5, 0.6) is 0 Å². The van der Waals surface area contributed by atoms with Crippen molar-refractivity contribution < 1.29 is 17.9 Å². The molecule has 0 saturated heterocycles. The summed E-state index contributed by atoms with van der Waals surface area (Å²) in [5.74, 6) is 0.654. The molecule has 0 bridgehead atoms. The number of hydrogen-bond donors (Lipinski definition) is 1. The summed E-state index contributed by atoms with van der Waals surface area (Å²) in [4.78, 5) is 0. The van der Waals surface area contributed by atoms with Gasteiger partial charge in [-0.15, -0.1) is 13.2 Å². The van der Waals surface area contributed by atoms with Crippen LogP contribution in [-0.4, -0.2) is 26.1 Å². The van der Waals surface area contributed by atoms with Gasteiger partial charge in [-0.2, -0.15) is 0 Å². The van der Waals surface area contributed by atoms with E-state index in [1.807, 2.05) is 0 Å². The van der Waals surface area contributed by atoms with E-state index < -0.39 is 6.36 Å². The molecular weight excluding hydrogens is 195 g/mol. The Bertz CT molecular complexity index is 155. The highest BCUT2D eigenvalue weighted by Crippen LogP contribution is 2.23. The molecule has 1 aliphatic carbocycles. The molecule has 0 aromatic carbocycles. The normalized spacial score (nSPS) is 19.1. The monoisotopic (exact) mass is 211 g/mol. The number of ether oxygens (including phenoxy) is 1. The van der Waals surface area contributed by atoms with Gasteiger partial charge in [-0.05, 0) is 25.3 Å². The van der Waals surface area contributed by atoms with Crippen LogP contribution in [0, 0.1) is 5.92 Å². The van der Waals surface area contributed by atoms with Crippen LogP contribution in [0.3, 0.4) is 0 Å². The average molecular weight is 211 g/mol. The van der Waals surface area contributed by atoms with Crippen LogP contribution in [0.25, 0.3) is 0 Å².